The van der Waals surface area contributed by atoms with Crippen LogP contribution in [0.25, 0.3) is 0 Å². The highest BCUT2D eigenvalue weighted by Gasteiger charge is 2.33. The summed E-state index contributed by atoms with van der Waals surface area (Å²) in [5.41, 5.74) is 0.247. The molecular weight excluding hydrogens is 297 g/mol. The topological polar surface area (TPSA) is 104 Å². The highest BCUT2D eigenvalue weighted by Crippen LogP contribution is 2.23. The van der Waals surface area contributed by atoms with E-state index in [9.17, 15) is 27.9 Å². The summed E-state index contributed by atoms with van der Waals surface area (Å²) in [6.45, 7) is 0. The van der Waals surface area contributed by atoms with Gasteiger partial charge in [0.25, 0.3) is 0 Å². The van der Waals surface area contributed by atoms with Gasteiger partial charge in [-0.3, -0.25) is 4.79 Å². The maximum Gasteiger partial charge on any atom is 0.573 e. The second-order valence-electron chi connectivity index (χ2n) is 4.12. The fourth-order valence-corrected chi connectivity index (χ4v) is 1.59. The zero-order chi connectivity index (χ0) is 16.2. The Kier molecular flexibility index (Phi) is 5.14. The third-order valence-corrected chi connectivity index (χ3v) is 2.56. The van der Waals surface area contributed by atoms with Gasteiger partial charge in [0.15, 0.2) is 6.10 Å². The van der Waals surface area contributed by atoms with Crippen molar-refractivity contribution in [1.82, 2.24) is 0 Å². The third kappa shape index (κ3) is 5.30. The molecular formula is C12H11F3O6. The van der Waals surface area contributed by atoms with Crippen molar-refractivity contribution in [3.63, 3.8) is 0 Å². The van der Waals surface area contributed by atoms with Crippen LogP contribution in [0.3, 0.4) is 0 Å². The van der Waals surface area contributed by atoms with Crippen molar-refractivity contribution in [2.75, 3.05) is 0 Å². The molecule has 0 spiro atoms. The molecule has 0 amide bonds. The number of aliphatic carboxylic acids is 2. The van der Waals surface area contributed by atoms with Gasteiger partial charge in [0, 0.05) is 0 Å². The predicted octanol–water partition coefficient (Wildman–Crippen LogP) is 1.27. The molecule has 21 heavy (non-hydrogen) atoms. The minimum atomic E-state index is -4.84. The molecule has 9 heteroatoms. The number of carboxylic acids is 2. The smallest absolute Gasteiger partial charge is 0.481 e. The number of ether oxygens (including phenoxy) is 1. The lowest BCUT2D eigenvalue weighted by Gasteiger charge is -2.16. The summed E-state index contributed by atoms with van der Waals surface area (Å²) in [5.74, 6) is -5.33. The summed E-state index contributed by atoms with van der Waals surface area (Å²) in [4.78, 5) is 21.5. The van der Waals surface area contributed by atoms with Crippen LogP contribution in [-0.4, -0.2) is 39.7 Å². The van der Waals surface area contributed by atoms with Crippen LogP contribution in [0.4, 0.5) is 13.2 Å². The number of benzene rings is 1. The highest BCUT2D eigenvalue weighted by atomic mass is 19.4. The number of rotatable bonds is 6. The number of halogens is 3. The average Bonchev–Trinajstić information content (AvgIpc) is 2.34. The molecule has 2 unspecified atom stereocenters. The Bertz CT molecular complexity index is 511. The number of alkyl halides is 3. The van der Waals surface area contributed by atoms with Gasteiger partial charge in [0.1, 0.15) is 5.75 Å². The number of carboxylic acid groups (broad SMARTS) is 2. The van der Waals surface area contributed by atoms with E-state index in [1.165, 1.54) is 0 Å². The van der Waals surface area contributed by atoms with Crippen molar-refractivity contribution < 1.29 is 42.8 Å². The summed E-state index contributed by atoms with van der Waals surface area (Å²) in [7, 11) is 0. The number of hydrogen-bond acceptors (Lipinski definition) is 4. The van der Waals surface area contributed by atoms with Gasteiger partial charge in [-0.05, 0) is 24.1 Å². The molecule has 0 saturated carbocycles. The molecule has 3 N–H and O–H groups in total. The van der Waals surface area contributed by atoms with Crippen LogP contribution in [-0.2, 0) is 16.0 Å². The van der Waals surface area contributed by atoms with Crippen LogP contribution in [0.2, 0.25) is 0 Å². The second kappa shape index (κ2) is 6.44. The number of carbonyl (C=O) groups is 2. The van der Waals surface area contributed by atoms with Gasteiger partial charge < -0.3 is 20.1 Å². The first-order chi connectivity index (χ1) is 9.60. The molecule has 0 saturated heterocycles. The lowest BCUT2D eigenvalue weighted by atomic mass is 9.94. The van der Waals surface area contributed by atoms with Gasteiger partial charge in [0.05, 0.1) is 5.92 Å². The number of hydrogen-bond donors (Lipinski definition) is 3. The first-order valence-corrected chi connectivity index (χ1v) is 5.58. The highest BCUT2D eigenvalue weighted by molar-refractivity contribution is 5.81. The standard InChI is InChI=1S/C12H11F3O6/c13-12(14,15)21-7-3-1-6(2-4-7)5-8(10(17)18)9(16)11(19)20/h1-4,8-9,16H,5H2,(H,17,18)(H,19,20). The summed E-state index contributed by atoms with van der Waals surface area (Å²) < 4.78 is 39.5. The number of aliphatic hydroxyl groups is 1. The van der Waals surface area contributed by atoms with Crippen LogP contribution in [0.15, 0.2) is 24.3 Å². The maximum atomic E-state index is 12.0. The van der Waals surface area contributed by atoms with Crippen LogP contribution in [0, 0.1) is 5.92 Å². The van der Waals surface area contributed by atoms with Crippen molar-refractivity contribution in [1.29, 1.82) is 0 Å². The molecule has 0 aliphatic carbocycles. The minimum Gasteiger partial charge on any atom is -0.481 e. The minimum absolute atomic E-state index is 0.247. The van der Waals surface area contributed by atoms with E-state index >= 15 is 0 Å². The molecule has 0 heterocycles. The molecule has 0 fully saturated rings. The first kappa shape index (κ1) is 16.8. The normalized spacial score (nSPS) is 14.3. The van der Waals surface area contributed by atoms with Gasteiger partial charge in [-0.2, -0.15) is 0 Å². The molecule has 0 radical (unpaired) electrons. The Morgan fingerprint density at radius 3 is 2.00 bits per heavy atom. The van der Waals surface area contributed by atoms with E-state index in [1.54, 1.807) is 0 Å². The summed E-state index contributed by atoms with van der Waals surface area (Å²) in [6.07, 6.45) is -7.31. The molecule has 1 aromatic carbocycles. The Labute approximate surface area is 116 Å². The quantitative estimate of drug-likeness (QED) is 0.731. The molecule has 0 aliphatic heterocycles. The lowest BCUT2D eigenvalue weighted by Crippen LogP contribution is -2.36. The fraction of sp³-hybridized carbons (Fsp3) is 0.333. The molecule has 1 aromatic rings. The molecule has 0 aromatic heterocycles. The van der Waals surface area contributed by atoms with Crippen molar-refractivity contribution in [3.05, 3.63) is 29.8 Å². The van der Waals surface area contributed by atoms with E-state index in [4.69, 9.17) is 10.2 Å². The van der Waals surface area contributed by atoms with Crippen LogP contribution in [0.5, 0.6) is 5.75 Å². The first-order valence-electron chi connectivity index (χ1n) is 5.58. The fourth-order valence-electron chi connectivity index (χ4n) is 1.59. The van der Waals surface area contributed by atoms with Gasteiger partial charge in [-0.15, -0.1) is 13.2 Å². The summed E-state index contributed by atoms with van der Waals surface area (Å²) in [5, 5.41) is 26.7. The molecule has 0 bridgehead atoms. The molecule has 6 nitrogen and oxygen atoms in total. The van der Waals surface area contributed by atoms with Crippen LogP contribution < -0.4 is 4.74 Å². The second-order valence-corrected chi connectivity index (χ2v) is 4.12. The van der Waals surface area contributed by atoms with Crippen LogP contribution >= 0.6 is 0 Å². The van der Waals surface area contributed by atoms with Crippen molar-refractivity contribution in [2.24, 2.45) is 5.92 Å². The Morgan fingerprint density at radius 1 is 1.10 bits per heavy atom. The van der Waals surface area contributed by atoms with Crippen LogP contribution in [0.1, 0.15) is 5.56 Å². The van der Waals surface area contributed by atoms with Gasteiger partial charge >= 0.3 is 18.3 Å². The zero-order valence-electron chi connectivity index (χ0n) is 10.4. The van der Waals surface area contributed by atoms with Gasteiger partial charge in [0.2, 0.25) is 0 Å². The Morgan fingerprint density at radius 2 is 1.62 bits per heavy atom. The van der Waals surface area contributed by atoms with Crippen molar-refractivity contribution >= 4 is 11.9 Å². The van der Waals surface area contributed by atoms with Crippen molar-refractivity contribution in [3.8, 4) is 5.75 Å². The Balaban J connectivity index is 2.82. The summed E-state index contributed by atoms with van der Waals surface area (Å²) >= 11 is 0. The largest absolute Gasteiger partial charge is 0.573 e. The SMILES string of the molecule is O=C(O)C(O)C(Cc1ccc(OC(F)(F)F)cc1)C(=O)O. The maximum absolute atomic E-state index is 12.0. The third-order valence-electron chi connectivity index (χ3n) is 2.56. The molecule has 0 aliphatic rings. The van der Waals surface area contributed by atoms with E-state index < -0.39 is 36.1 Å². The van der Waals surface area contributed by atoms with Crippen molar-refractivity contribution in [2.45, 2.75) is 18.9 Å². The Hall–Kier alpha value is -2.29. The monoisotopic (exact) mass is 308 g/mol. The molecule has 2 atom stereocenters. The van der Waals surface area contributed by atoms with E-state index in [1.807, 2.05) is 0 Å². The van der Waals surface area contributed by atoms with E-state index in [0.717, 1.165) is 24.3 Å². The van der Waals surface area contributed by atoms with E-state index in [-0.39, 0.29) is 12.0 Å². The molecule has 1 rings (SSSR count). The lowest BCUT2D eigenvalue weighted by molar-refractivity contribution is -0.274. The summed E-state index contributed by atoms with van der Waals surface area (Å²) in [6, 6.07) is 4.25. The van der Waals surface area contributed by atoms with E-state index in [0.29, 0.717) is 0 Å². The van der Waals surface area contributed by atoms with Gasteiger partial charge in [-0.1, -0.05) is 12.1 Å². The molecule has 116 valence electrons. The zero-order valence-corrected chi connectivity index (χ0v) is 10.4. The predicted molar refractivity (Wildman–Crippen MR) is 61.6 cm³/mol. The number of aliphatic hydroxyl groups excluding tert-OH is 1. The van der Waals surface area contributed by atoms with E-state index in [2.05, 4.69) is 4.74 Å². The van der Waals surface area contributed by atoms with Gasteiger partial charge in [-0.25, -0.2) is 4.79 Å². The average molecular weight is 308 g/mol.